The average Bonchev–Trinajstić information content (AvgIpc) is 2.55. The van der Waals surface area contributed by atoms with Gasteiger partial charge in [0.2, 0.25) is 5.88 Å². The van der Waals surface area contributed by atoms with Crippen molar-refractivity contribution in [2.75, 3.05) is 14.2 Å². The Morgan fingerprint density at radius 3 is 2.32 bits per heavy atom. The van der Waals surface area contributed by atoms with Crippen molar-refractivity contribution in [1.29, 1.82) is 0 Å². The van der Waals surface area contributed by atoms with Gasteiger partial charge in [-0.15, -0.1) is 0 Å². The fourth-order valence-corrected chi connectivity index (χ4v) is 2.66. The molecule has 0 aliphatic carbocycles. The minimum atomic E-state index is -0.117. The molecule has 6 heteroatoms. The number of benzene rings is 2. The Kier molecular flexibility index (Phi) is 3.85. The average molecular weight is 361 g/mol. The van der Waals surface area contributed by atoms with E-state index in [1.807, 2.05) is 30.3 Å². The molecule has 22 heavy (non-hydrogen) atoms. The van der Waals surface area contributed by atoms with Gasteiger partial charge in [-0.2, -0.15) is 0 Å². The number of nitrogens with zero attached hydrogens (tertiary/aromatic N) is 2. The highest BCUT2D eigenvalue weighted by Gasteiger charge is 2.12. The van der Waals surface area contributed by atoms with Gasteiger partial charge in [-0.25, -0.2) is 9.97 Å². The van der Waals surface area contributed by atoms with E-state index in [2.05, 4.69) is 25.9 Å². The number of halogens is 1. The van der Waals surface area contributed by atoms with Crippen LogP contribution in [-0.4, -0.2) is 29.3 Å². The minimum Gasteiger partial charge on any atom is -0.497 e. The van der Waals surface area contributed by atoms with Crippen molar-refractivity contribution in [3.63, 3.8) is 0 Å². The van der Waals surface area contributed by atoms with E-state index in [1.165, 1.54) is 6.20 Å². The summed E-state index contributed by atoms with van der Waals surface area (Å²) in [6, 6.07) is 9.42. The van der Waals surface area contributed by atoms with Crippen LogP contribution >= 0.6 is 15.9 Å². The highest BCUT2D eigenvalue weighted by atomic mass is 79.9. The number of aromatic nitrogens is 2. The number of methoxy groups -OCH3 is 2. The Morgan fingerprint density at radius 2 is 1.68 bits per heavy atom. The third-order valence-electron chi connectivity index (χ3n) is 3.30. The lowest BCUT2D eigenvalue weighted by Gasteiger charge is -2.11. The Bertz CT molecular complexity index is 830. The summed E-state index contributed by atoms with van der Waals surface area (Å²) in [6.07, 6.45) is 1.33. The van der Waals surface area contributed by atoms with Crippen LogP contribution in [0.4, 0.5) is 0 Å². The van der Waals surface area contributed by atoms with Crippen LogP contribution in [0.5, 0.6) is 17.4 Å². The second-order valence-corrected chi connectivity index (χ2v) is 5.48. The van der Waals surface area contributed by atoms with Crippen molar-refractivity contribution in [2.24, 2.45) is 0 Å². The summed E-state index contributed by atoms with van der Waals surface area (Å²) in [5, 5.41) is 9.55. The molecule has 0 saturated carbocycles. The monoisotopic (exact) mass is 360 g/mol. The lowest BCUT2D eigenvalue weighted by Crippen LogP contribution is -1.92. The molecule has 0 spiro atoms. The van der Waals surface area contributed by atoms with Crippen LogP contribution in [0.25, 0.3) is 22.2 Å². The van der Waals surface area contributed by atoms with Gasteiger partial charge in [-0.05, 0) is 39.7 Å². The lowest BCUT2D eigenvalue weighted by molar-refractivity contribution is 0.394. The summed E-state index contributed by atoms with van der Waals surface area (Å²) >= 11 is 3.43. The van der Waals surface area contributed by atoms with Gasteiger partial charge in [0.1, 0.15) is 17.0 Å². The molecular weight excluding hydrogens is 348 g/mol. The Balaban J connectivity index is 2.29. The Labute approximate surface area is 135 Å². The largest absolute Gasteiger partial charge is 0.497 e. The van der Waals surface area contributed by atoms with Crippen LogP contribution in [0.15, 0.2) is 41.0 Å². The molecule has 0 radical (unpaired) electrons. The maximum absolute atomic E-state index is 9.55. The topological polar surface area (TPSA) is 64.5 Å². The third kappa shape index (κ3) is 2.57. The van der Waals surface area contributed by atoms with Gasteiger partial charge in [0.05, 0.1) is 25.9 Å². The quantitative estimate of drug-likeness (QED) is 0.769. The Hall–Kier alpha value is -2.34. The van der Waals surface area contributed by atoms with Crippen LogP contribution in [0, 0.1) is 0 Å². The number of fused-ring (bicyclic) bond motifs is 1. The van der Waals surface area contributed by atoms with Crippen molar-refractivity contribution in [3.8, 4) is 28.5 Å². The van der Waals surface area contributed by atoms with Gasteiger partial charge in [0, 0.05) is 16.1 Å². The summed E-state index contributed by atoms with van der Waals surface area (Å²) < 4.78 is 11.4. The van der Waals surface area contributed by atoms with Gasteiger partial charge in [0.25, 0.3) is 0 Å². The molecule has 3 rings (SSSR count). The van der Waals surface area contributed by atoms with E-state index in [0.717, 1.165) is 15.6 Å². The zero-order valence-electron chi connectivity index (χ0n) is 12.0. The number of rotatable bonds is 3. The van der Waals surface area contributed by atoms with Crippen molar-refractivity contribution in [1.82, 2.24) is 9.97 Å². The molecule has 3 aromatic rings. The second kappa shape index (κ2) is 5.81. The fraction of sp³-hybridized carbons (Fsp3) is 0.125. The fourth-order valence-electron chi connectivity index (χ4n) is 2.25. The van der Waals surface area contributed by atoms with Crippen molar-refractivity contribution in [3.05, 3.63) is 41.0 Å². The smallest absolute Gasteiger partial charge is 0.230 e. The van der Waals surface area contributed by atoms with E-state index >= 15 is 0 Å². The number of hydrogen-bond donors (Lipinski definition) is 1. The first-order valence-corrected chi connectivity index (χ1v) is 7.29. The van der Waals surface area contributed by atoms with Crippen molar-refractivity contribution >= 4 is 27.0 Å². The zero-order chi connectivity index (χ0) is 15.7. The first-order chi connectivity index (χ1) is 10.6. The molecule has 0 aliphatic rings. The predicted molar refractivity (Wildman–Crippen MR) is 87.4 cm³/mol. The predicted octanol–water partition coefficient (Wildman–Crippen LogP) is 3.78. The molecule has 112 valence electrons. The molecule has 0 amide bonds. The van der Waals surface area contributed by atoms with Gasteiger partial charge in [0.15, 0.2) is 0 Å². The number of hydrogen-bond acceptors (Lipinski definition) is 5. The molecule has 0 atom stereocenters. The maximum atomic E-state index is 9.55. The maximum Gasteiger partial charge on any atom is 0.230 e. The molecule has 5 nitrogen and oxygen atoms in total. The van der Waals surface area contributed by atoms with Gasteiger partial charge in [-0.3, -0.25) is 0 Å². The highest BCUT2D eigenvalue weighted by Crippen LogP contribution is 2.35. The summed E-state index contributed by atoms with van der Waals surface area (Å²) in [5.41, 5.74) is 3.05. The molecule has 0 unspecified atom stereocenters. The molecule has 1 N–H and O–H groups in total. The summed E-state index contributed by atoms with van der Waals surface area (Å²) in [4.78, 5) is 8.43. The highest BCUT2D eigenvalue weighted by molar-refractivity contribution is 9.10. The van der Waals surface area contributed by atoms with E-state index in [1.54, 1.807) is 14.2 Å². The van der Waals surface area contributed by atoms with Gasteiger partial charge in [-0.1, -0.05) is 6.07 Å². The van der Waals surface area contributed by atoms with Crippen LogP contribution in [0.1, 0.15) is 0 Å². The van der Waals surface area contributed by atoms with E-state index in [9.17, 15) is 5.11 Å². The first-order valence-electron chi connectivity index (χ1n) is 6.50. The van der Waals surface area contributed by atoms with Crippen molar-refractivity contribution in [2.45, 2.75) is 0 Å². The SMILES string of the molecule is COc1cc(OC)cc(-c2ccc(Br)c3nc(O)cnc23)c1. The van der Waals surface area contributed by atoms with Crippen LogP contribution in [0.2, 0.25) is 0 Å². The minimum absolute atomic E-state index is 0.117. The molecule has 0 bridgehead atoms. The van der Waals surface area contributed by atoms with E-state index in [0.29, 0.717) is 22.5 Å². The normalized spacial score (nSPS) is 10.7. The molecule has 0 aliphatic heterocycles. The number of aromatic hydroxyl groups is 1. The Morgan fingerprint density at radius 1 is 1.00 bits per heavy atom. The molecule has 1 aromatic heterocycles. The molecule has 0 saturated heterocycles. The van der Waals surface area contributed by atoms with Crippen LogP contribution in [-0.2, 0) is 0 Å². The standard InChI is InChI=1S/C16H13BrN2O3/c1-21-10-5-9(6-11(7-10)22-2)12-3-4-13(17)16-15(12)18-8-14(20)19-16/h3-8H,1-2H3,(H,19,20). The summed E-state index contributed by atoms with van der Waals surface area (Å²) in [5.74, 6) is 1.27. The van der Waals surface area contributed by atoms with E-state index < -0.39 is 0 Å². The molecule has 1 heterocycles. The zero-order valence-corrected chi connectivity index (χ0v) is 13.6. The van der Waals surface area contributed by atoms with Crippen molar-refractivity contribution < 1.29 is 14.6 Å². The van der Waals surface area contributed by atoms with Gasteiger partial charge >= 0.3 is 0 Å². The van der Waals surface area contributed by atoms with Crippen LogP contribution in [0.3, 0.4) is 0 Å². The first kappa shape index (κ1) is 14.6. The molecule has 0 fully saturated rings. The molecular formula is C16H13BrN2O3. The second-order valence-electron chi connectivity index (χ2n) is 4.62. The van der Waals surface area contributed by atoms with E-state index in [-0.39, 0.29) is 5.88 Å². The lowest BCUT2D eigenvalue weighted by atomic mass is 10.0. The van der Waals surface area contributed by atoms with Crippen LogP contribution < -0.4 is 9.47 Å². The summed E-state index contributed by atoms with van der Waals surface area (Å²) in [7, 11) is 3.21. The van der Waals surface area contributed by atoms with E-state index in [4.69, 9.17) is 9.47 Å². The number of ether oxygens (including phenoxy) is 2. The van der Waals surface area contributed by atoms with Gasteiger partial charge < -0.3 is 14.6 Å². The summed E-state index contributed by atoms with van der Waals surface area (Å²) in [6.45, 7) is 0. The molecule has 2 aromatic carbocycles. The third-order valence-corrected chi connectivity index (χ3v) is 3.94.